The lowest BCUT2D eigenvalue weighted by atomic mass is 10.1. The fourth-order valence-corrected chi connectivity index (χ4v) is 56.7. The quantitative estimate of drug-likeness (QED) is 0.0199. The molecular weight excluding hydrogens is 1720 g/mol. The zero-order valence-corrected chi connectivity index (χ0v) is 93.1. The van der Waals surface area contributed by atoms with Crippen molar-refractivity contribution in [2.45, 2.75) is 372 Å². The van der Waals surface area contributed by atoms with Crippen LogP contribution in [0.3, 0.4) is 0 Å². The van der Waals surface area contributed by atoms with Crippen molar-refractivity contribution in [2.24, 2.45) is 11.8 Å². The molecule has 13 unspecified atom stereocenters. The van der Waals surface area contributed by atoms with Gasteiger partial charge in [0.2, 0.25) is 0 Å². The summed E-state index contributed by atoms with van der Waals surface area (Å²) < 4.78 is 87.3. The molecule has 0 heterocycles. The molecule has 0 amide bonds. The Morgan fingerprint density at radius 3 is 0.763 bits per heavy atom. The molecule has 0 spiro atoms. The summed E-state index contributed by atoms with van der Waals surface area (Å²) in [5, 5.41) is 110. The summed E-state index contributed by atoms with van der Waals surface area (Å²) >= 11 is 0. The molecule has 0 rings (SSSR count). The molecule has 0 saturated heterocycles. The molecule has 0 aromatic carbocycles. The molecule has 13 atom stereocenters. The molecule has 0 saturated carbocycles. The average Bonchev–Trinajstić information content (AvgIpc) is 0.862. The number of aliphatic hydroxyl groups is 12. The van der Waals surface area contributed by atoms with E-state index >= 15 is 0 Å². The van der Waals surface area contributed by atoms with Crippen LogP contribution in [0.4, 0.5) is 0 Å². The van der Waals surface area contributed by atoms with Crippen molar-refractivity contribution in [1.29, 1.82) is 0 Å². The van der Waals surface area contributed by atoms with E-state index in [2.05, 4.69) is 147 Å². The van der Waals surface area contributed by atoms with Crippen LogP contribution in [0, 0.1) is 11.8 Å². The zero-order chi connectivity index (χ0) is 92.8. The van der Waals surface area contributed by atoms with Gasteiger partial charge in [-0.15, -0.1) is 0 Å². The van der Waals surface area contributed by atoms with Crippen molar-refractivity contribution >= 4 is 102 Å². The molecule has 720 valence electrons. The van der Waals surface area contributed by atoms with Crippen molar-refractivity contribution in [3.8, 4) is 0 Å². The third-order valence-electron chi connectivity index (χ3n) is 18.0. The highest BCUT2D eigenvalue weighted by atomic mass is 28.5. The van der Waals surface area contributed by atoms with E-state index < -0.39 is 138 Å². The minimum Gasteiger partial charge on any atom is -0.436 e. The number of hydrogen-bond acceptors (Lipinski definition) is 28. The van der Waals surface area contributed by atoms with Gasteiger partial charge in [-0.2, -0.15) is 0 Å². The number of ether oxygens (including phenoxy) is 3. The second-order valence-electron chi connectivity index (χ2n) is 37.6. The van der Waals surface area contributed by atoms with Crippen LogP contribution in [0.1, 0.15) is 151 Å². The maximum Gasteiger partial charge on any atom is 0.487 e. The van der Waals surface area contributed by atoms with E-state index in [9.17, 15) is 25.2 Å². The Hall–Kier alpha value is 1.48. The first-order valence-electron chi connectivity index (χ1n) is 44.1. The fraction of sp³-hybridized carbons (Fsp3) is 1.00. The van der Waals surface area contributed by atoms with Gasteiger partial charge in [0.05, 0.1) is 77.8 Å². The molecule has 0 aliphatic carbocycles. The monoisotopic (exact) mass is 1910 g/mol. The fourth-order valence-electron chi connectivity index (χ4n) is 12.6. The Kier molecular flexibility index (Phi) is 78.7. The average molecular weight is 1920 g/mol. The Morgan fingerprint density at radius 2 is 0.517 bits per heavy atom. The van der Waals surface area contributed by atoms with Gasteiger partial charge in [0.15, 0.2) is 49.9 Å². The molecule has 0 bridgehead atoms. The van der Waals surface area contributed by atoms with Gasteiger partial charge in [-0.05, 0) is 198 Å². The normalized spacial score (nSPS) is 17.4. The first-order chi connectivity index (χ1) is 54.4. The van der Waals surface area contributed by atoms with E-state index in [1.54, 1.807) is 35.5 Å². The van der Waals surface area contributed by atoms with Crippen LogP contribution < -0.4 is 0 Å². The molecule has 0 fully saturated rings. The Labute approximate surface area is 734 Å². The summed E-state index contributed by atoms with van der Waals surface area (Å²) in [4.78, 5) is 10.2. The zero-order valence-electron chi connectivity index (χ0n) is 81.1. The summed E-state index contributed by atoms with van der Waals surface area (Å²) in [6.07, 6.45) is 13.4. The SMILES string of the molecule is CCC(C)CC[Si](CC(O)CO)(OC)O[Si](C)(C)C.CCCCCCCC[Si](CC(O)CO)(OC)O[Si](C)(C)C.CCCCCCC[Si](CC(O)CO)(OC)O[Si](C)(C)C.CC[Si](CCCOCC(O)CO)(OC)O[Si](C)(C)C.CO[Si](CCCOCC(O)CO)(CC(C)C)O[Si](C)(C)C.CO[Si](O)(CCCOCC(O)CO)O[Si](C)(C)C. The van der Waals surface area contributed by atoms with E-state index in [1.165, 1.54) is 64.9 Å². The molecular formula is C78H192O28Si12. The van der Waals surface area contributed by atoms with Crippen molar-refractivity contribution in [1.82, 2.24) is 0 Å². The Bertz CT molecular complexity index is 2250. The maximum absolute atomic E-state index is 10.2. The molecule has 0 radical (unpaired) electrons. The Morgan fingerprint density at radius 1 is 0.271 bits per heavy atom. The van der Waals surface area contributed by atoms with Gasteiger partial charge < -0.3 is 132 Å². The topological polar surface area (TPSA) is 401 Å². The van der Waals surface area contributed by atoms with Gasteiger partial charge in [0, 0.05) is 86.7 Å². The highest BCUT2D eigenvalue weighted by Gasteiger charge is 2.47. The summed E-state index contributed by atoms with van der Waals surface area (Å²) in [5.41, 5.74) is 0. The smallest absolute Gasteiger partial charge is 0.436 e. The van der Waals surface area contributed by atoms with E-state index in [1.807, 2.05) is 19.6 Å². The summed E-state index contributed by atoms with van der Waals surface area (Å²) in [6.45, 7) is 54.3. The van der Waals surface area contributed by atoms with Crippen molar-refractivity contribution < 1.29 is 132 Å². The maximum atomic E-state index is 10.2. The third-order valence-corrected chi connectivity index (χ3v) is 58.0. The lowest BCUT2D eigenvalue weighted by Gasteiger charge is -2.37. The summed E-state index contributed by atoms with van der Waals surface area (Å²) in [6, 6.07) is 8.28. The third kappa shape index (κ3) is 78.5. The number of unbranched alkanes of at least 4 members (excludes halogenated alkanes) is 9. The molecule has 0 aliphatic heterocycles. The van der Waals surface area contributed by atoms with Crippen LogP contribution in [-0.4, -0.2) is 326 Å². The van der Waals surface area contributed by atoms with Crippen LogP contribution >= 0.6 is 0 Å². The summed E-state index contributed by atoms with van der Waals surface area (Å²) in [5.74, 6) is 1.18. The first-order valence-corrected chi connectivity index (χ1v) is 77.7. The highest BCUT2D eigenvalue weighted by molar-refractivity contribution is 6.85. The van der Waals surface area contributed by atoms with Crippen molar-refractivity contribution in [2.75, 3.05) is 122 Å². The molecule has 40 heteroatoms. The van der Waals surface area contributed by atoms with E-state index in [4.69, 9.17) is 106 Å². The minimum atomic E-state index is -3.07. The highest BCUT2D eigenvalue weighted by Crippen LogP contribution is 2.34. The second-order valence-corrected chi connectivity index (χ2v) is 86.2. The van der Waals surface area contributed by atoms with Gasteiger partial charge in [0.1, 0.15) is 18.3 Å². The standard InChI is InChI=1S/C15H36O4Si2.C14H34O5Si2.C14H34O4Si2.C13H32O4Si2.C12H30O5Si2.C10H26O6Si2/c1-6-7-8-9-10-11-12-21(18-2,14-15(17)13-16)19-20(3,4)5;1-13(2)12-21(17-3,19-20(4,5)6)9-7-8-18-11-14(16)10-15;1-6-7-8-9-10-11-20(17-2,13-14(16)12-15)18-19(3,4)5;1-7-12(2)8-9-19(16-3,11-13(15)10-14)17-18(4,5)6;1-6-19(15-2,17-18(3,4)5)9-7-8-16-11-12(14)10-13;1-14-18(13,16-17(2,3)4)7-5-6-15-9-10(12)8-11/h15-17H,6-14H2,1-5H3;13-16H,7-12H2,1-6H3;14-16H,6-13H2,1-5H3;12-15H,7-11H2,1-6H3;12-14H,6-11H2,1-5H3;10-13H,5-9H2,1-4H3. The predicted octanol–water partition coefficient (Wildman–Crippen LogP) is 13.8. The van der Waals surface area contributed by atoms with Crippen LogP contribution in [0.15, 0.2) is 0 Å². The summed E-state index contributed by atoms with van der Waals surface area (Å²) in [7, 11) is -14.8. The number of aliphatic hydroxyl groups excluding tert-OH is 12. The van der Waals surface area contributed by atoms with Gasteiger partial charge >= 0.3 is 51.6 Å². The van der Waals surface area contributed by atoms with E-state index in [0.717, 1.165) is 80.8 Å². The predicted molar refractivity (Wildman–Crippen MR) is 510 cm³/mol. The van der Waals surface area contributed by atoms with E-state index in [0.29, 0.717) is 62.3 Å². The molecule has 0 aromatic heterocycles. The molecule has 13 N–H and O–H groups in total. The molecule has 0 aromatic rings. The van der Waals surface area contributed by atoms with Crippen LogP contribution in [0.5, 0.6) is 0 Å². The van der Waals surface area contributed by atoms with Crippen LogP contribution in [0.25, 0.3) is 0 Å². The van der Waals surface area contributed by atoms with E-state index in [-0.39, 0.29) is 59.5 Å². The van der Waals surface area contributed by atoms with Gasteiger partial charge in [-0.25, -0.2) is 0 Å². The largest absolute Gasteiger partial charge is 0.487 e. The Balaban J connectivity index is -0.000000319. The van der Waals surface area contributed by atoms with Crippen LogP contribution in [0.2, 0.25) is 184 Å². The van der Waals surface area contributed by atoms with Crippen LogP contribution in [-0.2, 0) is 65.5 Å². The lowest BCUT2D eigenvalue weighted by Crippen LogP contribution is -2.51. The van der Waals surface area contributed by atoms with Gasteiger partial charge in [0.25, 0.3) is 0 Å². The molecule has 28 nitrogen and oxygen atoms in total. The minimum absolute atomic E-state index is 0.0956. The molecule has 0 aliphatic rings. The van der Waals surface area contributed by atoms with Gasteiger partial charge in [-0.3, -0.25) is 0 Å². The first kappa shape index (κ1) is 130. The number of hydrogen-bond donors (Lipinski definition) is 13. The van der Waals surface area contributed by atoms with Gasteiger partial charge in [-0.1, -0.05) is 126 Å². The lowest BCUT2D eigenvalue weighted by molar-refractivity contribution is 0.00582. The second kappa shape index (κ2) is 71.3. The van der Waals surface area contributed by atoms with Crippen molar-refractivity contribution in [3.05, 3.63) is 0 Å². The number of rotatable bonds is 68. The molecule has 118 heavy (non-hydrogen) atoms. The van der Waals surface area contributed by atoms with Crippen molar-refractivity contribution in [3.63, 3.8) is 0 Å².